The lowest BCUT2D eigenvalue weighted by Crippen LogP contribution is -2.43. The maximum atomic E-state index is 13.3. The molecule has 2 aromatic carbocycles. The molecule has 0 unspecified atom stereocenters. The summed E-state index contributed by atoms with van der Waals surface area (Å²) >= 11 is 0. The Balaban J connectivity index is 1.41. The van der Waals surface area contributed by atoms with Crippen molar-refractivity contribution in [2.45, 2.75) is 111 Å². The summed E-state index contributed by atoms with van der Waals surface area (Å²) in [6.07, 6.45) is 7.84. The third kappa shape index (κ3) is 9.42. The van der Waals surface area contributed by atoms with Gasteiger partial charge in [0.2, 0.25) is 5.91 Å². The molecule has 8 heteroatoms. The average Bonchev–Trinajstić information content (AvgIpc) is 3.34. The number of nitrogens with zero attached hydrogens (tertiary/aromatic N) is 2. The minimum atomic E-state index is -1.14. The van der Waals surface area contributed by atoms with Gasteiger partial charge in [0, 0.05) is 12.2 Å². The normalized spacial score (nSPS) is 14.5. The van der Waals surface area contributed by atoms with Gasteiger partial charge >= 0.3 is 5.97 Å². The van der Waals surface area contributed by atoms with Crippen molar-refractivity contribution < 1.29 is 23.5 Å². The molecule has 1 N–H and O–H groups in total. The summed E-state index contributed by atoms with van der Waals surface area (Å²) in [6, 6.07) is 14.0. The molecule has 232 valence electrons. The van der Waals surface area contributed by atoms with Gasteiger partial charge in [-0.15, -0.1) is 0 Å². The van der Waals surface area contributed by atoms with Crippen LogP contribution in [0.1, 0.15) is 101 Å². The van der Waals surface area contributed by atoms with Gasteiger partial charge in [0.1, 0.15) is 17.1 Å². The molecule has 1 saturated carbocycles. The number of anilines is 1. The Hall–Kier alpha value is -3.65. The molecule has 1 aliphatic rings. The summed E-state index contributed by atoms with van der Waals surface area (Å²) in [7, 11) is 0. The van der Waals surface area contributed by atoms with Crippen LogP contribution in [-0.2, 0) is 27.4 Å². The zero-order valence-corrected chi connectivity index (χ0v) is 26.8. The Labute approximate surface area is 256 Å². The summed E-state index contributed by atoms with van der Waals surface area (Å²) in [5.41, 5.74) is 3.34. The highest BCUT2D eigenvalue weighted by Crippen LogP contribution is 2.34. The van der Waals surface area contributed by atoms with Crippen molar-refractivity contribution in [1.29, 1.82) is 0 Å². The van der Waals surface area contributed by atoms with Crippen LogP contribution < -0.4 is 10.1 Å². The Morgan fingerprint density at radius 1 is 0.977 bits per heavy atom. The molecule has 4 rings (SSSR count). The van der Waals surface area contributed by atoms with E-state index in [2.05, 4.69) is 29.4 Å². The average molecular weight is 590 g/mol. The molecular weight excluding hydrogens is 542 g/mol. The number of rotatable bonds is 11. The second-order valence-corrected chi connectivity index (χ2v) is 13.2. The Bertz CT molecular complexity index is 1380. The van der Waals surface area contributed by atoms with Gasteiger partial charge in [0.15, 0.2) is 12.0 Å². The SMILES string of the molecule is Cc1cc(C2CCCCC2)ccc1NC(=O)CN(Cc1ccc(OC(C)(C)C(=O)OC(C)(C)C)cc1)Cc1ocnc1C. The molecule has 1 amide bonds. The predicted molar refractivity (Wildman–Crippen MR) is 168 cm³/mol. The fourth-order valence-corrected chi connectivity index (χ4v) is 5.42. The lowest BCUT2D eigenvalue weighted by molar-refractivity contribution is -0.170. The topological polar surface area (TPSA) is 93.9 Å². The van der Waals surface area contributed by atoms with Crippen LogP contribution in [0.4, 0.5) is 5.69 Å². The molecule has 0 saturated heterocycles. The van der Waals surface area contributed by atoms with Gasteiger partial charge in [0.25, 0.3) is 0 Å². The van der Waals surface area contributed by atoms with Crippen LogP contribution in [0.3, 0.4) is 0 Å². The van der Waals surface area contributed by atoms with Crippen molar-refractivity contribution in [3.8, 4) is 5.75 Å². The molecule has 0 bridgehead atoms. The number of ether oxygens (including phenoxy) is 2. The summed E-state index contributed by atoms with van der Waals surface area (Å²) in [4.78, 5) is 32.1. The van der Waals surface area contributed by atoms with Crippen LogP contribution in [0, 0.1) is 13.8 Å². The van der Waals surface area contributed by atoms with Gasteiger partial charge in [-0.25, -0.2) is 9.78 Å². The molecule has 1 fully saturated rings. The second kappa shape index (κ2) is 13.8. The highest BCUT2D eigenvalue weighted by Gasteiger charge is 2.34. The number of amides is 1. The lowest BCUT2D eigenvalue weighted by atomic mass is 9.83. The van der Waals surface area contributed by atoms with Crippen molar-refractivity contribution in [2.75, 3.05) is 11.9 Å². The molecule has 0 aliphatic heterocycles. The van der Waals surface area contributed by atoms with Crippen molar-refractivity contribution in [1.82, 2.24) is 9.88 Å². The lowest BCUT2D eigenvalue weighted by Gasteiger charge is -2.29. The molecule has 1 aromatic heterocycles. The molecule has 43 heavy (non-hydrogen) atoms. The third-order valence-electron chi connectivity index (χ3n) is 7.77. The number of esters is 1. The molecule has 0 spiro atoms. The van der Waals surface area contributed by atoms with Crippen LogP contribution in [0.25, 0.3) is 0 Å². The van der Waals surface area contributed by atoms with E-state index in [1.807, 2.05) is 62.9 Å². The monoisotopic (exact) mass is 589 g/mol. The van der Waals surface area contributed by atoms with E-state index in [9.17, 15) is 9.59 Å². The van der Waals surface area contributed by atoms with E-state index in [1.54, 1.807) is 13.8 Å². The molecule has 3 aromatic rings. The summed E-state index contributed by atoms with van der Waals surface area (Å²) in [5.74, 6) is 1.38. The highest BCUT2D eigenvalue weighted by atomic mass is 16.6. The Morgan fingerprint density at radius 2 is 1.67 bits per heavy atom. The van der Waals surface area contributed by atoms with Gasteiger partial charge in [-0.2, -0.15) is 0 Å². The first kappa shape index (κ1) is 32.3. The first-order chi connectivity index (χ1) is 20.3. The fraction of sp³-hybridized carbons (Fsp3) is 0.514. The van der Waals surface area contributed by atoms with Crippen LogP contribution >= 0.6 is 0 Å². The number of aryl methyl sites for hydroxylation is 2. The van der Waals surface area contributed by atoms with Crippen LogP contribution in [0.15, 0.2) is 53.3 Å². The van der Waals surface area contributed by atoms with Gasteiger partial charge < -0.3 is 19.2 Å². The predicted octanol–water partition coefficient (Wildman–Crippen LogP) is 7.48. The minimum Gasteiger partial charge on any atom is -0.476 e. The Morgan fingerprint density at radius 3 is 2.28 bits per heavy atom. The van der Waals surface area contributed by atoms with Crippen LogP contribution in [0.5, 0.6) is 5.75 Å². The number of aromatic nitrogens is 1. The van der Waals surface area contributed by atoms with Gasteiger partial charge in [-0.1, -0.05) is 43.5 Å². The van der Waals surface area contributed by atoms with Crippen molar-refractivity contribution in [3.63, 3.8) is 0 Å². The number of hydrogen-bond acceptors (Lipinski definition) is 7. The first-order valence-electron chi connectivity index (χ1n) is 15.3. The van der Waals surface area contributed by atoms with Crippen LogP contribution in [-0.4, -0.2) is 39.5 Å². The largest absolute Gasteiger partial charge is 0.476 e. The molecule has 8 nitrogen and oxygen atoms in total. The quantitative estimate of drug-likeness (QED) is 0.232. The highest BCUT2D eigenvalue weighted by molar-refractivity contribution is 5.93. The van der Waals surface area contributed by atoms with Crippen molar-refractivity contribution >= 4 is 17.6 Å². The first-order valence-corrected chi connectivity index (χ1v) is 15.3. The Kier molecular flexibility index (Phi) is 10.3. The van der Waals surface area contributed by atoms with Crippen molar-refractivity contribution in [3.05, 3.63) is 77.0 Å². The van der Waals surface area contributed by atoms with Crippen LogP contribution in [0.2, 0.25) is 0 Å². The number of oxazole rings is 1. The van der Waals surface area contributed by atoms with E-state index in [0.717, 1.165) is 28.3 Å². The smallest absolute Gasteiger partial charge is 0.350 e. The fourth-order valence-electron chi connectivity index (χ4n) is 5.42. The molecular formula is C35H47N3O5. The standard InChI is InChI=1S/C35H47N3O5/c1-24-19-28(27-11-9-8-10-12-27)15-18-30(24)37-32(39)22-38(21-31-25(2)36-23-41-31)20-26-13-16-29(17-14-26)42-35(6,7)33(40)43-34(3,4)5/h13-19,23,27H,8-12,20-22H2,1-7H3,(H,37,39). The maximum Gasteiger partial charge on any atom is 0.350 e. The summed E-state index contributed by atoms with van der Waals surface area (Å²) in [6.45, 7) is 13.9. The van der Waals surface area contributed by atoms with Gasteiger partial charge in [-0.05, 0) is 102 Å². The number of carbonyl (C=O) groups excluding carboxylic acids is 2. The zero-order chi connectivity index (χ0) is 31.2. The number of benzene rings is 2. The van der Waals surface area contributed by atoms with Crippen molar-refractivity contribution in [2.24, 2.45) is 0 Å². The van der Waals surface area contributed by atoms with E-state index >= 15 is 0 Å². The van der Waals surface area contributed by atoms with E-state index in [4.69, 9.17) is 13.9 Å². The molecule has 1 heterocycles. The van der Waals surface area contributed by atoms with E-state index < -0.39 is 17.2 Å². The maximum absolute atomic E-state index is 13.3. The summed E-state index contributed by atoms with van der Waals surface area (Å²) in [5, 5.41) is 3.12. The van der Waals surface area contributed by atoms with Gasteiger partial charge in [0.05, 0.1) is 18.8 Å². The molecule has 0 atom stereocenters. The molecule has 0 radical (unpaired) electrons. The third-order valence-corrected chi connectivity index (χ3v) is 7.77. The minimum absolute atomic E-state index is 0.0928. The molecule has 1 aliphatic carbocycles. The van der Waals surface area contributed by atoms with E-state index in [1.165, 1.54) is 44.1 Å². The summed E-state index contributed by atoms with van der Waals surface area (Å²) < 4.78 is 17.1. The van der Waals surface area contributed by atoms with E-state index in [0.29, 0.717) is 24.8 Å². The van der Waals surface area contributed by atoms with E-state index in [-0.39, 0.29) is 12.5 Å². The second-order valence-electron chi connectivity index (χ2n) is 13.2. The zero-order valence-electron chi connectivity index (χ0n) is 26.8. The number of nitrogens with one attached hydrogen (secondary N) is 1. The number of carbonyl (C=O) groups is 2. The van der Waals surface area contributed by atoms with Gasteiger partial charge in [-0.3, -0.25) is 9.69 Å². The number of hydrogen-bond donors (Lipinski definition) is 1.